The monoisotopic (exact) mass is 499 g/mol. The quantitative estimate of drug-likeness (QED) is 0.532. The van der Waals surface area contributed by atoms with Gasteiger partial charge in [0, 0.05) is 55.2 Å². The lowest BCUT2D eigenvalue weighted by Gasteiger charge is -2.37. The molecule has 0 N–H and O–H groups in total. The molecule has 6 rings (SSSR count). The number of halogens is 2. The number of aromatic nitrogens is 3. The molecule has 184 valence electrons. The number of anilines is 1. The van der Waals surface area contributed by atoms with E-state index in [-0.39, 0.29) is 23.8 Å². The first-order valence-corrected chi connectivity index (χ1v) is 13.5. The number of rotatable bonds is 5. The van der Waals surface area contributed by atoms with Gasteiger partial charge in [0.05, 0.1) is 5.69 Å². The average molecular weight is 500 g/mol. The van der Waals surface area contributed by atoms with Crippen LogP contribution in [0.3, 0.4) is 0 Å². The van der Waals surface area contributed by atoms with Gasteiger partial charge in [-0.05, 0) is 31.4 Å². The Kier molecular flexibility index (Phi) is 5.41. The number of benzene rings is 2. The van der Waals surface area contributed by atoms with Crippen molar-refractivity contribution < 1.29 is 17.2 Å². The molecule has 35 heavy (non-hydrogen) atoms. The molecule has 1 aromatic heterocycles. The number of fused-ring (bicyclic) bond motifs is 1. The molecule has 1 saturated carbocycles. The first-order chi connectivity index (χ1) is 16.8. The minimum Gasteiger partial charge on any atom is -0.368 e. The molecule has 4 atom stereocenters. The zero-order valence-electron chi connectivity index (χ0n) is 19.3. The van der Waals surface area contributed by atoms with E-state index >= 15 is 8.78 Å². The van der Waals surface area contributed by atoms with E-state index in [9.17, 15) is 8.42 Å². The summed E-state index contributed by atoms with van der Waals surface area (Å²) in [5, 5.41) is 7.02. The largest absolute Gasteiger partial charge is 0.368 e. The lowest BCUT2D eigenvalue weighted by molar-refractivity contribution is 0.279. The summed E-state index contributed by atoms with van der Waals surface area (Å²) in [4.78, 5) is 1.88. The third-order valence-corrected chi connectivity index (χ3v) is 10.3. The molecule has 0 bridgehead atoms. The highest BCUT2D eigenvalue weighted by atomic mass is 32.2. The molecule has 3 aliphatic rings. The van der Waals surface area contributed by atoms with Gasteiger partial charge in [0.2, 0.25) is 10.0 Å². The highest BCUT2D eigenvalue weighted by Crippen LogP contribution is 2.56. The van der Waals surface area contributed by atoms with Gasteiger partial charge in [0.15, 0.2) is 0 Å². The molecule has 7 nitrogen and oxygen atoms in total. The second-order valence-electron chi connectivity index (χ2n) is 9.94. The van der Waals surface area contributed by atoms with Crippen LogP contribution in [0.5, 0.6) is 0 Å². The van der Waals surface area contributed by atoms with Crippen LogP contribution < -0.4 is 4.90 Å². The number of piperidine rings is 1. The van der Waals surface area contributed by atoms with Crippen molar-refractivity contribution in [2.75, 3.05) is 18.0 Å². The van der Waals surface area contributed by atoms with Crippen LogP contribution >= 0.6 is 0 Å². The maximum atomic E-state index is 15.2. The molecule has 3 heterocycles. The Bertz CT molecular complexity index is 1320. The smallest absolute Gasteiger partial charge is 0.221 e. The Balaban J connectivity index is 1.20. The van der Waals surface area contributed by atoms with Crippen molar-refractivity contribution in [3.8, 4) is 0 Å². The molecular weight excluding hydrogens is 472 g/mol. The van der Waals surface area contributed by atoms with Crippen molar-refractivity contribution in [3.05, 3.63) is 77.9 Å². The van der Waals surface area contributed by atoms with Crippen LogP contribution in [0.4, 0.5) is 14.5 Å². The fraction of sp³-hybridized carbons (Fsp3) is 0.440. The summed E-state index contributed by atoms with van der Waals surface area (Å²) in [7, 11) is -3.73. The minimum absolute atomic E-state index is 0.0575. The van der Waals surface area contributed by atoms with Crippen molar-refractivity contribution in [3.63, 3.8) is 0 Å². The maximum Gasteiger partial charge on any atom is 0.221 e. The van der Waals surface area contributed by atoms with E-state index in [4.69, 9.17) is 0 Å². The van der Waals surface area contributed by atoms with E-state index in [0.717, 1.165) is 5.56 Å². The van der Waals surface area contributed by atoms with Crippen LogP contribution in [-0.2, 0) is 16.6 Å². The first kappa shape index (κ1) is 22.6. The standard InChI is InChI=1S/C25H27F2N5O2S/c1-16-7-8-24(17-5-3-2-4-6-17)35(33,34)32(16)11-18-9-22(27)23(10-21(18)26)30-12-19-20(13-30)25(19)31-14-28-29-15-31/h2-6,9-10,14-16,19-20,24-25H,7-8,11-13H2,1H3/t16-,19?,20?,24+,25?/m0/s1. The second-order valence-corrected chi connectivity index (χ2v) is 12.0. The molecule has 3 aromatic rings. The van der Waals surface area contributed by atoms with Gasteiger partial charge < -0.3 is 9.47 Å². The predicted octanol–water partition coefficient (Wildman–Crippen LogP) is 3.92. The molecule has 0 spiro atoms. The molecule has 1 aliphatic carbocycles. The topological polar surface area (TPSA) is 71.3 Å². The van der Waals surface area contributed by atoms with E-state index in [1.54, 1.807) is 24.8 Å². The van der Waals surface area contributed by atoms with Crippen molar-refractivity contribution in [1.29, 1.82) is 0 Å². The predicted molar refractivity (Wildman–Crippen MR) is 127 cm³/mol. The van der Waals surface area contributed by atoms with Crippen LogP contribution in [0.2, 0.25) is 0 Å². The zero-order chi connectivity index (χ0) is 24.3. The Morgan fingerprint density at radius 3 is 2.34 bits per heavy atom. The molecule has 2 aromatic carbocycles. The number of sulfonamides is 1. The van der Waals surface area contributed by atoms with Crippen LogP contribution in [0.25, 0.3) is 0 Å². The van der Waals surface area contributed by atoms with E-state index in [1.807, 2.05) is 34.6 Å². The summed E-state index contributed by atoms with van der Waals surface area (Å²) in [6, 6.07) is 11.5. The van der Waals surface area contributed by atoms with Gasteiger partial charge in [-0.15, -0.1) is 10.2 Å². The molecule has 0 radical (unpaired) electrons. The molecule has 0 amide bonds. The summed E-state index contributed by atoms with van der Waals surface area (Å²) in [6.45, 7) is 2.92. The Morgan fingerprint density at radius 1 is 0.971 bits per heavy atom. The van der Waals surface area contributed by atoms with Gasteiger partial charge >= 0.3 is 0 Å². The van der Waals surface area contributed by atoms with E-state index in [1.165, 1.54) is 16.4 Å². The van der Waals surface area contributed by atoms with Crippen molar-refractivity contribution in [1.82, 2.24) is 19.1 Å². The van der Waals surface area contributed by atoms with Crippen LogP contribution in [-0.4, -0.2) is 46.6 Å². The highest BCUT2D eigenvalue weighted by molar-refractivity contribution is 7.89. The number of hydrogen-bond donors (Lipinski definition) is 0. The van der Waals surface area contributed by atoms with Crippen molar-refractivity contribution in [2.24, 2.45) is 11.8 Å². The molecule has 2 unspecified atom stereocenters. The van der Waals surface area contributed by atoms with E-state index in [2.05, 4.69) is 10.2 Å². The molecule has 2 aliphatic heterocycles. The summed E-state index contributed by atoms with van der Waals surface area (Å²) in [5.41, 5.74) is 1.02. The van der Waals surface area contributed by atoms with Gasteiger partial charge in [-0.2, -0.15) is 4.31 Å². The lowest BCUT2D eigenvalue weighted by Crippen LogP contribution is -2.44. The van der Waals surface area contributed by atoms with Gasteiger partial charge in [0.25, 0.3) is 0 Å². The van der Waals surface area contributed by atoms with Crippen LogP contribution in [0.15, 0.2) is 55.1 Å². The van der Waals surface area contributed by atoms with Gasteiger partial charge in [-0.3, -0.25) is 0 Å². The van der Waals surface area contributed by atoms with Crippen molar-refractivity contribution >= 4 is 15.7 Å². The van der Waals surface area contributed by atoms with Gasteiger partial charge in [0.1, 0.15) is 29.5 Å². The van der Waals surface area contributed by atoms with E-state index in [0.29, 0.717) is 43.8 Å². The average Bonchev–Trinajstić information content (AvgIpc) is 3.21. The number of nitrogens with zero attached hydrogens (tertiary/aromatic N) is 5. The Hall–Kier alpha value is -2.85. The molecule has 10 heteroatoms. The lowest BCUT2D eigenvalue weighted by atomic mass is 10.0. The fourth-order valence-electron chi connectivity index (χ4n) is 5.96. The minimum atomic E-state index is -3.73. The third-order valence-electron chi connectivity index (χ3n) is 7.91. The SMILES string of the molecule is C[C@H]1CC[C@H](c2ccccc2)S(=O)(=O)N1Cc1cc(F)c(N2CC3C(C2)C3n2cnnc2)cc1F. The fourth-order valence-corrected chi connectivity index (χ4v) is 8.15. The normalized spacial score (nSPS) is 29.8. The molecule has 2 saturated heterocycles. The van der Waals surface area contributed by atoms with Crippen LogP contribution in [0.1, 0.15) is 42.2 Å². The number of hydrogen-bond acceptors (Lipinski definition) is 5. The van der Waals surface area contributed by atoms with Gasteiger partial charge in [-0.1, -0.05) is 30.3 Å². The first-order valence-electron chi connectivity index (χ1n) is 12.0. The summed E-state index contributed by atoms with van der Waals surface area (Å²) in [6.07, 6.45) is 4.55. The molecule has 3 fully saturated rings. The van der Waals surface area contributed by atoms with Gasteiger partial charge in [-0.25, -0.2) is 17.2 Å². The van der Waals surface area contributed by atoms with Crippen molar-refractivity contribution in [2.45, 2.75) is 43.6 Å². The van der Waals surface area contributed by atoms with Crippen LogP contribution in [0, 0.1) is 23.5 Å². The highest BCUT2D eigenvalue weighted by Gasteiger charge is 2.57. The van der Waals surface area contributed by atoms with E-state index < -0.39 is 26.9 Å². The summed E-state index contributed by atoms with van der Waals surface area (Å²) < 4.78 is 60.6. The summed E-state index contributed by atoms with van der Waals surface area (Å²) in [5.74, 6) is -0.378. The third kappa shape index (κ3) is 3.83. The second kappa shape index (κ2) is 8.37. The molecular formula is C25H27F2N5O2S. The maximum absolute atomic E-state index is 15.2. The zero-order valence-corrected chi connectivity index (χ0v) is 20.2. The summed E-state index contributed by atoms with van der Waals surface area (Å²) >= 11 is 0. The Morgan fingerprint density at radius 2 is 1.66 bits per heavy atom. The Labute approximate surface area is 203 Å².